The SMILES string of the molecule is Cc1[nH]c(C(=O)N2CCN(C(=O)C(C)(C)C)CC2)c(C)c1C(=O)OC(C)C. The van der Waals surface area contributed by atoms with E-state index in [1.54, 1.807) is 32.6 Å². The number of hydrogen-bond acceptors (Lipinski definition) is 4. The summed E-state index contributed by atoms with van der Waals surface area (Å²) in [5.41, 5.74) is 1.65. The number of nitrogens with zero attached hydrogens (tertiary/aromatic N) is 2. The molecule has 1 aliphatic heterocycles. The number of carbonyl (C=O) groups excluding carboxylic acids is 3. The van der Waals surface area contributed by atoms with E-state index < -0.39 is 11.4 Å². The van der Waals surface area contributed by atoms with Gasteiger partial charge in [0.1, 0.15) is 5.69 Å². The number of H-pyrrole nitrogens is 1. The van der Waals surface area contributed by atoms with Gasteiger partial charge in [0.15, 0.2) is 0 Å². The van der Waals surface area contributed by atoms with Gasteiger partial charge in [-0.2, -0.15) is 0 Å². The van der Waals surface area contributed by atoms with Gasteiger partial charge >= 0.3 is 5.97 Å². The Morgan fingerprint density at radius 1 is 1.00 bits per heavy atom. The van der Waals surface area contributed by atoms with Crippen LogP contribution in [0.3, 0.4) is 0 Å². The van der Waals surface area contributed by atoms with Gasteiger partial charge < -0.3 is 19.5 Å². The number of hydrogen-bond donors (Lipinski definition) is 1. The predicted octanol–water partition coefficient (Wildman–Crippen LogP) is 2.53. The van der Waals surface area contributed by atoms with E-state index in [2.05, 4.69) is 4.98 Å². The van der Waals surface area contributed by atoms with Gasteiger partial charge in [-0.3, -0.25) is 9.59 Å². The lowest BCUT2D eigenvalue weighted by molar-refractivity contribution is -0.140. The Balaban J connectivity index is 2.12. The van der Waals surface area contributed by atoms with Gasteiger partial charge in [-0.1, -0.05) is 20.8 Å². The Bertz CT molecular complexity index is 735. The van der Waals surface area contributed by atoms with Gasteiger partial charge in [-0.05, 0) is 33.3 Å². The fraction of sp³-hybridized carbons (Fsp3) is 0.650. The second-order valence-corrected chi connectivity index (χ2v) is 8.41. The zero-order chi connectivity index (χ0) is 20.5. The summed E-state index contributed by atoms with van der Waals surface area (Å²) in [4.78, 5) is 44.2. The maximum Gasteiger partial charge on any atom is 0.340 e. The molecule has 2 heterocycles. The van der Waals surface area contributed by atoms with Crippen molar-refractivity contribution in [3.8, 4) is 0 Å². The van der Waals surface area contributed by atoms with Crippen LogP contribution in [0.15, 0.2) is 0 Å². The molecule has 150 valence electrons. The molecule has 1 aromatic heterocycles. The quantitative estimate of drug-likeness (QED) is 0.821. The summed E-state index contributed by atoms with van der Waals surface area (Å²) in [6.45, 7) is 14.8. The summed E-state index contributed by atoms with van der Waals surface area (Å²) in [6.07, 6.45) is -0.223. The molecular formula is C20H31N3O4. The third kappa shape index (κ3) is 4.51. The standard InChI is InChI=1S/C20H31N3O4/c1-12(2)27-18(25)15-13(3)16(21-14(15)4)17(24)22-8-10-23(11-9-22)19(26)20(5,6)7/h12,21H,8-11H2,1-7H3. The monoisotopic (exact) mass is 377 g/mol. The molecule has 0 radical (unpaired) electrons. The molecule has 7 nitrogen and oxygen atoms in total. The highest BCUT2D eigenvalue weighted by atomic mass is 16.5. The topological polar surface area (TPSA) is 82.7 Å². The molecule has 2 rings (SSSR count). The van der Waals surface area contributed by atoms with Crippen LogP contribution in [0.2, 0.25) is 0 Å². The minimum Gasteiger partial charge on any atom is -0.459 e. The number of piperazine rings is 1. The molecule has 7 heteroatoms. The van der Waals surface area contributed by atoms with Crippen LogP contribution in [0.5, 0.6) is 0 Å². The summed E-state index contributed by atoms with van der Waals surface area (Å²) in [7, 11) is 0. The number of aryl methyl sites for hydroxylation is 1. The van der Waals surface area contributed by atoms with Crippen LogP contribution < -0.4 is 0 Å². The first-order valence-electron chi connectivity index (χ1n) is 9.42. The van der Waals surface area contributed by atoms with E-state index in [4.69, 9.17) is 4.74 Å². The molecule has 0 aromatic carbocycles. The van der Waals surface area contributed by atoms with Crippen molar-refractivity contribution in [3.05, 3.63) is 22.5 Å². The summed E-state index contributed by atoms with van der Waals surface area (Å²) >= 11 is 0. The normalized spacial score (nSPS) is 15.3. The Morgan fingerprint density at radius 2 is 1.52 bits per heavy atom. The summed E-state index contributed by atoms with van der Waals surface area (Å²) < 4.78 is 5.28. The molecule has 2 amide bonds. The molecule has 1 fully saturated rings. The lowest BCUT2D eigenvalue weighted by atomic mass is 9.94. The van der Waals surface area contributed by atoms with Gasteiger partial charge in [-0.25, -0.2) is 4.79 Å². The van der Waals surface area contributed by atoms with Crippen LogP contribution in [-0.4, -0.2) is 64.9 Å². The zero-order valence-electron chi connectivity index (χ0n) is 17.4. The maximum atomic E-state index is 12.9. The molecule has 0 bridgehead atoms. The Kier molecular flexibility index (Phi) is 6.02. The van der Waals surface area contributed by atoms with Crippen molar-refractivity contribution in [1.82, 2.24) is 14.8 Å². The first kappa shape index (κ1) is 21.0. The van der Waals surface area contributed by atoms with Crippen molar-refractivity contribution in [2.45, 2.75) is 54.6 Å². The van der Waals surface area contributed by atoms with E-state index in [0.29, 0.717) is 48.7 Å². The van der Waals surface area contributed by atoms with E-state index in [9.17, 15) is 14.4 Å². The van der Waals surface area contributed by atoms with Gasteiger partial charge in [0, 0.05) is 37.3 Å². The van der Waals surface area contributed by atoms with Crippen molar-refractivity contribution in [3.63, 3.8) is 0 Å². The number of ether oxygens (including phenoxy) is 1. The first-order valence-corrected chi connectivity index (χ1v) is 9.42. The third-order valence-corrected chi connectivity index (χ3v) is 4.69. The predicted molar refractivity (Wildman–Crippen MR) is 103 cm³/mol. The highest BCUT2D eigenvalue weighted by molar-refractivity contribution is 6.00. The van der Waals surface area contributed by atoms with Crippen LogP contribution in [0, 0.1) is 19.3 Å². The fourth-order valence-corrected chi connectivity index (χ4v) is 3.29. The van der Waals surface area contributed by atoms with E-state index in [-0.39, 0.29) is 17.9 Å². The number of amides is 2. The molecule has 1 aliphatic rings. The van der Waals surface area contributed by atoms with Crippen molar-refractivity contribution in [1.29, 1.82) is 0 Å². The minimum absolute atomic E-state index is 0.0974. The highest BCUT2D eigenvalue weighted by Gasteiger charge is 2.32. The molecular weight excluding hydrogens is 346 g/mol. The lowest BCUT2D eigenvalue weighted by Crippen LogP contribution is -2.53. The van der Waals surface area contributed by atoms with Crippen molar-refractivity contribution in [2.24, 2.45) is 5.41 Å². The second-order valence-electron chi connectivity index (χ2n) is 8.41. The summed E-state index contributed by atoms with van der Waals surface area (Å²) in [5.74, 6) is -0.474. The molecule has 27 heavy (non-hydrogen) atoms. The van der Waals surface area contributed by atoms with Crippen LogP contribution >= 0.6 is 0 Å². The molecule has 0 aliphatic carbocycles. The molecule has 0 unspecified atom stereocenters. The Labute approximate surface area is 161 Å². The summed E-state index contributed by atoms with van der Waals surface area (Å²) in [6, 6.07) is 0. The molecule has 1 N–H and O–H groups in total. The van der Waals surface area contributed by atoms with Crippen molar-refractivity contribution >= 4 is 17.8 Å². The van der Waals surface area contributed by atoms with Gasteiger partial charge in [-0.15, -0.1) is 0 Å². The van der Waals surface area contributed by atoms with Crippen LogP contribution in [0.25, 0.3) is 0 Å². The number of rotatable bonds is 3. The number of aromatic nitrogens is 1. The number of nitrogens with one attached hydrogen (secondary N) is 1. The van der Waals surface area contributed by atoms with Crippen molar-refractivity contribution < 1.29 is 19.1 Å². The maximum absolute atomic E-state index is 12.9. The van der Waals surface area contributed by atoms with Crippen LogP contribution in [0.4, 0.5) is 0 Å². The van der Waals surface area contributed by atoms with E-state index in [0.717, 1.165) is 0 Å². The first-order chi connectivity index (χ1) is 12.4. The fourth-order valence-electron chi connectivity index (χ4n) is 3.29. The molecule has 0 atom stereocenters. The van der Waals surface area contributed by atoms with Gasteiger partial charge in [0.05, 0.1) is 11.7 Å². The van der Waals surface area contributed by atoms with E-state index in [1.165, 1.54) is 0 Å². The van der Waals surface area contributed by atoms with E-state index >= 15 is 0 Å². The Hall–Kier alpha value is -2.31. The van der Waals surface area contributed by atoms with Gasteiger partial charge in [0.2, 0.25) is 5.91 Å². The van der Waals surface area contributed by atoms with Gasteiger partial charge in [0.25, 0.3) is 5.91 Å². The number of esters is 1. The highest BCUT2D eigenvalue weighted by Crippen LogP contribution is 2.23. The number of carbonyl (C=O) groups is 3. The molecule has 1 saturated heterocycles. The molecule has 0 spiro atoms. The zero-order valence-corrected chi connectivity index (χ0v) is 17.4. The molecule has 1 aromatic rings. The minimum atomic E-state index is -0.426. The van der Waals surface area contributed by atoms with Crippen LogP contribution in [0.1, 0.15) is 66.7 Å². The number of aromatic amines is 1. The largest absolute Gasteiger partial charge is 0.459 e. The average Bonchev–Trinajstić information content (AvgIpc) is 2.86. The smallest absolute Gasteiger partial charge is 0.340 e. The Morgan fingerprint density at radius 3 is 2.00 bits per heavy atom. The lowest BCUT2D eigenvalue weighted by Gasteiger charge is -2.37. The van der Waals surface area contributed by atoms with Crippen LogP contribution in [-0.2, 0) is 9.53 Å². The third-order valence-electron chi connectivity index (χ3n) is 4.69. The second kappa shape index (κ2) is 7.74. The molecule has 0 saturated carbocycles. The average molecular weight is 377 g/mol. The summed E-state index contributed by atoms with van der Waals surface area (Å²) in [5, 5.41) is 0. The van der Waals surface area contributed by atoms with E-state index in [1.807, 2.05) is 25.7 Å². The van der Waals surface area contributed by atoms with Crippen molar-refractivity contribution in [2.75, 3.05) is 26.2 Å².